The van der Waals surface area contributed by atoms with E-state index in [1.165, 1.54) is 38.5 Å². The Morgan fingerprint density at radius 1 is 1.19 bits per heavy atom. The molecule has 4 aliphatic carbocycles. The highest BCUT2D eigenvalue weighted by Gasteiger charge is 2.61. The van der Waals surface area contributed by atoms with Gasteiger partial charge in [-0.3, -0.25) is 4.68 Å². The summed E-state index contributed by atoms with van der Waals surface area (Å²) in [6.07, 6.45) is 12.9. The van der Waals surface area contributed by atoms with Crippen LogP contribution in [0.2, 0.25) is 0 Å². The molecule has 0 saturated heterocycles. The lowest BCUT2D eigenvalue weighted by molar-refractivity contribution is -0.138. The Morgan fingerprint density at radius 3 is 2.69 bits per heavy atom. The van der Waals surface area contributed by atoms with Gasteiger partial charge in [0.05, 0.1) is 29.5 Å². The predicted molar refractivity (Wildman–Crippen MR) is 123 cm³/mol. The van der Waals surface area contributed by atoms with Gasteiger partial charge in [0.25, 0.3) is 0 Å². The van der Waals surface area contributed by atoms with Crippen LogP contribution < -0.4 is 0 Å². The molecule has 1 aromatic rings. The number of hydrogen-bond acceptors (Lipinski definition) is 4. The molecule has 5 rings (SSSR count). The van der Waals surface area contributed by atoms with Gasteiger partial charge in [-0.15, -0.1) is 0 Å². The molecular weight excluding hydrogens is 398 g/mol. The topological polar surface area (TPSA) is 82.1 Å². The van der Waals surface area contributed by atoms with E-state index < -0.39 is 11.2 Å². The average Bonchev–Trinajstić information content (AvgIpc) is 3.32. The summed E-state index contributed by atoms with van der Waals surface area (Å²) in [6, 6.07) is 2.14. The summed E-state index contributed by atoms with van der Waals surface area (Å²) >= 11 is 0. The van der Waals surface area contributed by atoms with Gasteiger partial charge in [0, 0.05) is 6.20 Å². The second kappa shape index (κ2) is 7.57. The van der Waals surface area contributed by atoms with E-state index >= 15 is 0 Å². The Labute approximate surface area is 193 Å². The normalized spacial score (nSPS) is 47.6. The first-order chi connectivity index (χ1) is 15.0. The van der Waals surface area contributed by atoms with Gasteiger partial charge in [-0.25, -0.2) is 0 Å². The molecule has 0 amide bonds. The molecule has 0 aromatic carbocycles. The summed E-state index contributed by atoms with van der Waals surface area (Å²) < 4.78 is 1.75. The quantitative estimate of drug-likeness (QED) is 0.711. The molecule has 5 nitrogen and oxygen atoms in total. The van der Waals surface area contributed by atoms with Crippen molar-refractivity contribution in [3.8, 4) is 6.07 Å². The maximum Gasteiger partial charge on any atom is 0.102 e. The lowest BCUT2D eigenvalue weighted by Crippen LogP contribution is -2.54. The molecule has 4 fully saturated rings. The molecule has 1 aromatic heterocycles. The minimum Gasteiger partial charge on any atom is -0.390 e. The number of nitriles is 1. The molecule has 0 radical (unpaired) electrons. The zero-order chi connectivity index (χ0) is 22.9. The summed E-state index contributed by atoms with van der Waals surface area (Å²) in [5.74, 6) is 4.41. The van der Waals surface area contributed by atoms with Crippen molar-refractivity contribution in [1.29, 1.82) is 5.26 Å². The molecule has 1 heterocycles. The Bertz CT molecular complexity index is 899. The number of hydrogen-bond donors (Lipinski definition) is 2. The maximum absolute atomic E-state index is 11.7. The van der Waals surface area contributed by atoms with Gasteiger partial charge in [-0.2, -0.15) is 10.4 Å². The molecule has 176 valence electrons. The fourth-order valence-corrected chi connectivity index (χ4v) is 9.22. The second-order valence-electron chi connectivity index (χ2n) is 12.7. The minimum atomic E-state index is -0.829. The smallest absolute Gasteiger partial charge is 0.102 e. The fraction of sp³-hybridized carbons (Fsp3) is 0.852. The standard InChI is InChI=1S/C27H41N3O2/c1-17-11-22-19(12-26(17,3)31)5-6-21-20(22)9-10-25(2)23(21)7-8-24(25)27(4,32)16-30-15-18(13-28)14-29-30/h14-15,17,19-24,31-32H,5-12,16H2,1-4H3/t17-,19-,20+,21-,22+,23+,24+,25+,26+,27-/m1/s1. The number of nitrogens with zero attached hydrogens (tertiary/aromatic N) is 3. The number of fused-ring (bicyclic) bond motifs is 5. The van der Waals surface area contributed by atoms with Crippen LogP contribution in [0.5, 0.6) is 0 Å². The maximum atomic E-state index is 11.7. The molecule has 2 N–H and O–H groups in total. The molecule has 4 aliphatic rings. The molecule has 10 atom stereocenters. The van der Waals surface area contributed by atoms with Crippen molar-refractivity contribution in [2.24, 2.45) is 46.8 Å². The van der Waals surface area contributed by atoms with Crippen LogP contribution in [-0.2, 0) is 6.54 Å². The molecule has 0 spiro atoms. The second-order valence-corrected chi connectivity index (χ2v) is 12.7. The highest BCUT2D eigenvalue weighted by atomic mass is 16.3. The summed E-state index contributed by atoms with van der Waals surface area (Å²) in [7, 11) is 0. The lowest BCUT2D eigenvalue weighted by atomic mass is 9.47. The van der Waals surface area contributed by atoms with Gasteiger partial charge >= 0.3 is 0 Å². The number of aromatic nitrogens is 2. The van der Waals surface area contributed by atoms with Crippen LogP contribution in [0.4, 0.5) is 0 Å². The molecule has 0 unspecified atom stereocenters. The highest BCUT2D eigenvalue weighted by molar-refractivity contribution is 5.21. The Balaban J connectivity index is 1.34. The van der Waals surface area contributed by atoms with Crippen LogP contribution >= 0.6 is 0 Å². The van der Waals surface area contributed by atoms with E-state index in [-0.39, 0.29) is 11.3 Å². The number of aliphatic hydroxyl groups is 2. The molecule has 0 bridgehead atoms. The largest absolute Gasteiger partial charge is 0.390 e. The van der Waals surface area contributed by atoms with Crippen molar-refractivity contribution < 1.29 is 10.2 Å². The zero-order valence-electron chi connectivity index (χ0n) is 20.3. The molecule has 4 saturated carbocycles. The first-order valence-electron chi connectivity index (χ1n) is 12.9. The molecule has 32 heavy (non-hydrogen) atoms. The Hall–Kier alpha value is -1.38. The van der Waals surface area contributed by atoms with E-state index in [0.717, 1.165) is 30.6 Å². The number of rotatable bonds is 3. The van der Waals surface area contributed by atoms with Crippen molar-refractivity contribution in [3.05, 3.63) is 18.0 Å². The first kappa shape index (κ1) is 22.4. The third-order valence-electron chi connectivity index (χ3n) is 10.9. The SMILES string of the molecule is C[C@@H]1C[C@H]2[C@H](CC[C@@H]3[C@@H]2CC[C@@]2(C)[C@H]3CC[C@@H]2[C@](C)(O)Cn2cc(C#N)cn2)C[C@]1(C)O. The van der Waals surface area contributed by atoms with Gasteiger partial charge < -0.3 is 10.2 Å². The first-order valence-corrected chi connectivity index (χ1v) is 12.9. The van der Waals surface area contributed by atoms with Gasteiger partial charge in [0.2, 0.25) is 0 Å². The monoisotopic (exact) mass is 439 g/mol. The van der Waals surface area contributed by atoms with E-state index in [0.29, 0.717) is 29.9 Å². The van der Waals surface area contributed by atoms with Crippen molar-refractivity contribution in [2.45, 2.75) is 96.8 Å². The van der Waals surface area contributed by atoms with Crippen LogP contribution in [0, 0.1) is 58.2 Å². The van der Waals surface area contributed by atoms with Crippen LogP contribution in [0.15, 0.2) is 12.4 Å². The van der Waals surface area contributed by atoms with Gasteiger partial charge in [0.1, 0.15) is 6.07 Å². The van der Waals surface area contributed by atoms with Crippen LogP contribution in [0.3, 0.4) is 0 Å². The average molecular weight is 440 g/mol. The summed E-state index contributed by atoms with van der Waals surface area (Å²) in [5, 5.41) is 36.0. The van der Waals surface area contributed by atoms with E-state index in [1.54, 1.807) is 17.1 Å². The Morgan fingerprint density at radius 2 is 1.97 bits per heavy atom. The third-order valence-corrected chi connectivity index (χ3v) is 10.9. The van der Waals surface area contributed by atoms with Crippen molar-refractivity contribution in [2.75, 3.05) is 0 Å². The molecular formula is C27H41N3O2. The molecule has 5 heteroatoms. The van der Waals surface area contributed by atoms with E-state index in [9.17, 15) is 10.2 Å². The van der Waals surface area contributed by atoms with Crippen LogP contribution in [0.25, 0.3) is 0 Å². The van der Waals surface area contributed by atoms with E-state index in [1.807, 2.05) is 6.92 Å². The fourth-order valence-electron chi connectivity index (χ4n) is 9.22. The van der Waals surface area contributed by atoms with Gasteiger partial charge in [-0.05, 0) is 112 Å². The Kier molecular flexibility index (Phi) is 5.30. The lowest BCUT2D eigenvalue weighted by Gasteiger charge is -2.58. The zero-order valence-corrected chi connectivity index (χ0v) is 20.3. The van der Waals surface area contributed by atoms with Crippen molar-refractivity contribution in [3.63, 3.8) is 0 Å². The summed E-state index contributed by atoms with van der Waals surface area (Å²) in [5.41, 5.74) is -0.597. The molecule has 0 aliphatic heterocycles. The van der Waals surface area contributed by atoms with Gasteiger partial charge in [0.15, 0.2) is 0 Å². The summed E-state index contributed by atoms with van der Waals surface area (Å²) in [4.78, 5) is 0. The van der Waals surface area contributed by atoms with Gasteiger partial charge in [-0.1, -0.05) is 13.8 Å². The van der Waals surface area contributed by atoms with Crippen LogP contribution in [-0.4, -0.2) is 31.2 Å². The minimum absolute atomic E-state index is 0.175. The van der Waals surface area contributed by atoms with E-state index in [4.69, 9.17) is 5.26 Å². The summed E-state index contributed by atoms with van der Waals surface area (Å²) in [6.45, 7) is 9.22. The highest BCUT2D eigenvalue weighted by Crippen LogP contribution is 2.66. The third kappa shape index (κ3) is 3.44. The van der Waals surface area contributed by atoms with Crippen molar-refractivity contribution in [1.82, 2.24) is 9.78 Å². The van der Waals surface area contributed by atoms with Crippen LogP contribution in [0.1, 0.15) is 84.6 Å². The van der Waals surface area contributed by atoms with E-state index in [2.05, 4.69) is 31.9 Å². The predicted octanol–water partition coefficient (Wildman–Crippen LogP) is 4.77. The van der Waals surface area contributed by atoms with Crippen molar-refractivity contribution >= 4 is 0 Å².